The van der Waals surface area contributed by atoms with Crippen LogP contribution in [0.4, 0.5) is 0 Å². The Morgan fingerprint density at radius 2 is 0.574 bits per heavy atom. The van der Waals surface area contributed by atoms with Gasteiger partial charge in [0.25, 0.3) is 0 Å². The minimum Gasteiger partial charge on any atom is -0.352 e. The van der Waals surface area contributed by atoms with Gasteiger partial charge in [-0.15, -0.1) is 0 Å². The normalized spacial score (nSPS) is 11.3. The molecule has 0 unspecified atom stereocenters. The van der Waals surface area contributed by atoms with Crippen molar-refractivity contribution in [2.75, 3.05) is 0 Å². The number of carbonyl (C=O) groups excluding carboxylic acids is 2. The zero-order valence-electron chi connectivity index (χ0n) is 36.4. The Morgan fingerprint density at radius 3 is 0.815 bits per heavy atom. The highest BCUT2D eigenvalue weighted by atomic mass is 16.2. The predicted octanol–water partition coefficient (Wildman–Crippen LogP) is 15.8. The van der Waals surface area contributed by atoms with Crippen LogP contribution in [0.1, 0.15) is 269 Å². The van der Waals surface area contributed by atoms with Crippen molar-refractivity contribution in [3.63, 3.8) is 0 Å². The van der Waals surface area contributed by atoms with Crippen molar-refractivity contribution in [2.45, 2.75) is 271 Å². The highest BCUT2D eigenvalue weighted by molar-refractivity contribution is 5.76. The fraction of sp³-hybridized carbons (Fsp3) is 0.840. The number of rotatable bonds is 42. The van der Waals surface area contributed by atoms with Gasteiger partial charge < -0.3 is 10.6 Å². The summed E-state index contributed by atoms with van der Waals surface area (Å²) < 4.78 is 0. The largest absolute Gasteiger partial charge is 0.352 e. The third kappa shape index (κ3) is 35.8. The molecule has 0 fully saturated rings. The van der Waals surface area contributed by atoms with Gasteiger partial charge in [0.05, 0.1) is 0 Å². The van der Waals surface area contributed by atoms with Gasteiger partial charge in [-0.1, -0.05) is 256 Å². The van der Waals surface area contributed by atoms with E-state index < -0.39 is 0 Å². The molecule has 54 heavy (non-hydrogen) atoms. The first-order chi connectivity index (χ1) is 26.7. The van der Waals surface area contributed by atoms with E-state index in [9.17, 15) is 9.59 Å². The fourth-order valence-corrected chi connectivity index (χ4v) is 7.80. The first-order valence-corrected chi connectivity index (χ1v) is 24.3. The number of amides is 2. The Morgan fingerprint density at radius 1 is 0.352 bits per heavy atom. The van der Waals surface area contributed by atoms with E-state index in [0.29, 0.717) is 25.9 Å². The van der Waals surface area contributed by atoms with Crippen molar-refractivity contribution in [3.05, 3.63) is 35.4 Å². The second-order valence-corrected chi connectivity index (χ2v) is 16.9. The van der Waals surface area contributed by atoms with E-state index in [4.69, 9.17) is 0 Å². The van der Waals surface area contributed by atoms with Crippen LogP contribution >= 0.6 is 0 Å². The Balaban J connectivity index is 1.90. The SMILES string of the molecule is CCCCCCCCCCCCCCCCCCCCC(=O)NCc1cccc(CNC(=O)CCCCCCCCCCCCCCCCCCCC)c1. The Bertz CT molecular complexity index is 875. The van der Waals surface area contributed by atoms with Crippen molar-refractivity contribution in [1.82, 2.24) is 10.6 Å². The van der Waals surface area contributed by atoms with E-state index in [0.717, 1.165) is 36.8 Å². The molecule has 2 amide bonds. The quantitative estimate of drug-likeness (QED) is 0.0653. The summed E-state index contributed by atoms with van der Waals surface area (Å²) in [5.41, 5.74) is 2.19. The van der Waals surface area contributed by atoms with Crippen molar-refractivity contribution >= 4 is 11.8 Å². The first kappa shape index (κ1) is 50.2. The number of nitrogens with one attached hydrogen (secondary N) is 2. The summed E-state index contributed by atoms with van der Waals surface area (Å²) in [6.45, 7) is 5.69. The van der Waals surface area contributed by atoms with Crippen molar-refractivity contribution in [2.24, 2.45) is 0 Å². The van der Waals surface area contributed by atoms with Gasteiger partial charge in [0, 0.05) is 25.9 Å². The third-order valence-electron chi connectivity index (χ3n) is 11.5. The summed E-state index contributed by atoms with van der Waals surface area (Å²) in [6.07, 6.45) is 50.2. The van der Waals surface area contributed by atoms with Crippen molar-refractivity contribution in [1.29, 1.82) is 0 Å². The van der Waals surface area contributed by atoms with Gasteiger partial charge in [-0.25, -0.2) is 0 Å². The zero-order chi connectivity index (χ0) is 38.8. The summed E-state index contributed by atoms with van der Waals surface area (Å²) >= 11 is 0. The average molecular weight is 753 g/mol. The minimum absolute atomic E-state index is 0.148. The summed E-state index contributed by atoms with van der Waals surface area (Å²) in [5, 5.41) is 6.19. The zero-order valence-corrected chi connectivity index (χ0v) is 36.4. The lowest BCUT2D eigenvalue weighted by Gasteiger charge is -2.09. The summed E-state index contributed by atoms with van der Waals surface area (Å²) in [4.78, 5) is 24.8. The molecule has 4 nitrogen and oxygen atoms in total. The molecule has 1 aromatic rings. The second kappa shape index (κ2) is 40.8. The lowest BCUT2D eigenvalue weighted by molar-refractivity contribution is -0.122. The van der Waals surface area contributed by atoms with Gasteiger partial charge >= 0.3 is 0 Å². The topological polar surface area (TPSA) is 58.2 Å². The number of benzene rings is 1. The van der Waals surface area contributed by atoms with Crippen LogP contribution in [0.25, 0.3) is 0 Å². The van der Waals surface area contributed by atoms with E-state index in [-0.39, 0.29) is 11.8 Å². The van der Waals surface area contributed by atoms with Gasteiger partial charge in [0.15, 0.2) is 0 Å². The lowest BCUT2D eigenvalue weighted by atomic mass is 10.0. The van der Waals surface area contributed by atoms with E-state index in [1.54, 1.807) is 0 Å². The molecule has 0 radical (unpaired) electrons. The van der Waals surface area contributed by atoms with Crippen LogP contribution < -0.4 is 10.6 Å². The van der Waals surface area contributed by atoms with Crippen LogP contribution in [-0.2, 0) is 22.7 Å². The lowest BCUT2D eigenvalue weighted by Crippen LogP contribution is -2.23. The predicted molar refractivity (Wildman–Crippen MR) is 237 cm³/mol. The summed E-state index contributed by atoms with van der Waals surface area (Å²) in [6, 6.07) is 8.24. The number of carbonyl (C=O) groups is 2. The molecule has 0 aliphatic heterocycles. The van der Waals surface area contributed by atoms with Crippen LogP contribution in [0.3, 0.4) is 0 Å². The fourth-order valence-electron chi connectivity index (χ4n) is 7.80. The van der Waals surface area contributed by atoms with Gasteiger partial charge in [-0.3, -0.25) is 9.59 Å². The van der Waals surface area contributed by atoms with Crippen LogP contribution in [0.15, 0.2) is 24.3 Å². The Labute approximate surface area is 337 Å². The molecule has 0 aromatic heterocycles. The molecule has 0 saturated carbocycles. The number of hydrogen-bond donors (Lipinski definition) is 2. The molecule has 0 saturated heterocycles. The number of unbranched alkanes of at least 4 members (excludes halogenated alkanes) is 34. The van der Waals surface area contributed by atoms with E-state index in [2.05, 4.69) is 42.7 Å². The molecule has 0 atom stereocenters. The molecule has 1 rings (SSSR count). The van der Waals surface area contributed by atoms with Crippen molar-refractivity contribution in [3.8, 4) is 0 Å². The monoisotopic (exact) mass is 753 g/mol. The maximum absolute atomic E-state index is 12.4. The van der Waals surface area contributed by atoms with Crippen LogP contribution in [0, 0.1) is 0 Å². The van der Waals surface area contributed by atoms with Crippen LogP contribution in [0.2, 0.25) is 0 Å². The molecule has 314 valence electrons. The number of hydrogen-bond acceptors (Lipinski definition) is 2. The molecule has 0 bridgehead atoms. The maximum Gasteiger partial charge on any atom is 0.220 e. The van der Waals surface area contributed by atoms with Crippen LogP contribution in [-0.4, -0.2) is 11.8 Å². The molecule has 0 spiro atoms. The van der Waals surface area contributed by atoms with E-state index >= 15 is 0 Å². The molecule has 0 aliphatic carbocycles. The second-order valence-electron chi connectivity index (χ2n) is 16.9. The van der Waals surface area contributed by atoms with Gasteiger partial charge in [-0.2, -0.15) is 0 Å². The van der Waals surface area contributed by atoms with Crippen molar-refractivity contribution < 1.29 is 9.59 Å². The molecule has 1 aromatic carbocycles. The highest BCUT2D eigenvalue weighted by Gasteiger charge is 2.05. The third-order valence-corrected chi connectivity index (χ3v) is 11.5. The van der Waals surface area contributed by atoms with E-state index in [1.807, 2.05) is 6.07 Å². The minimum atomic E-state index is 0.148. The molecule has 0 aliphatic rings. The maximum atomic E-state index is 12.4. The highest BCUT2D eigenvalue weighted by Crippen LogP contribution is 2.17. The van der Waals surface area contributed by atoms with Gasteiger partial charge in [0.2, 0.25) is 11.8 Å². The Hall–Kier alpha value is -1.84. The first-order valence-electron chi connectivity index (χ1n) is 24.3. The van der Waals surface area contributed by atoms with Gasteiger partial charge in [0.1, 0.15) is 0 Å². The molecular formula is C50H92N2O2. The van der Waals surface area contributed by atoms with E-state index in [1.165, 1.54) is 205 Å². The standard InChI is InChI=1S/C50H92N2O2/c1-3-5-7-9-11-13-15-17-19-21-23-25-27-29-31-33-35-37-42-49(53)51-45-47-40-39-41-48(44-47)46-52-50(54)43-38-36-34-32-30-28-26-24-22-20-18-16-14-12-10-8-6-4-2/h39-41,44H,3-38,42-43,45-46H2,1-2H3,(H,51,53)(H,52,54). The summed E-state index contributed by atoms with van der Waals surface area (Å²) in [5.74, 6) is 0.295. The molecule has 4 heteroatoms. The van der Waals surface area contributed by atoms with Crippen LogP contribution in [0.5, 0.6) is 0 Å². The van der Waals surface area contributed by atoms with Gasteiger partial charge in [-0.05, 0) is 24.0 Å². The molecular weight excluding hydrogens is 661 g/mol. The molecule has 0 heterocycles. The summed E-state index contributed by atoms with van der Waals surface area (Å²) in [7, 11) is 0. The smallest absolute Gasteiger partial charge is 0.220 e. The Kier molecular flexibility index (Phi) is 37.9. The molecule has 2 N–H and O–H groups in total. The average Bonchev–Trinajstić information content (AvgIpc) is 3.18.